The van der Waals surface area contributed by atoms with Crippen molar-refractivity contribution in [1.29, 1.82) is 0 Å². The van der Waals surface area contributed by atoms with E-state index in [1.807, 2.05) is 73.7 Å². The van der Waals surface area contributed by atoms with Gasteiger partial charge >= 0.3 is 5.97 Å². The molecule has 2 aromatic heterocycles. The van der Waals surface area contributed by atoms with Crippen molar-refractivity contribution < 1.29 is 9.53 Å². The van der Waals surface area contributed by atoms with Crippen LogP contribution in [0.1, 0.15) is 20.8 Å². The molecule has 0 spiro atoms. The Morgan fingerprint density at radius 2 is 1.73 bits per heavy atom. The Balaban J connectivity index is 1.68. The smallest absolute Gasteiger partial charge is 0.327 e. The molecule has 0 amide bonds. The minimum atomic E-state index is -0.571. The van der Waals surface area contributed by atoms with Crippen LogP contribution in [0.15, 0.2) is 78.1 Å². The van der Waals surface area contributed by atoms with Crippen LogP contribution in [0, 0.1) is 0 Å². The Kier molecular flexibility index (Phi) is 6.88. The lowest BCUT2D eigenvalue weighted by molar-refractivity contribution is -0.152. The standard InChI is InChI=1S/C25H23Cl2N3O2S/c1-25(2,3)32-24(31)16-30(33-22-14-18(26)13-19(27)15-22)21-4-5-23-17(12-21)8-11-29(23)20-6-9-28-10-7-20/h4-15H,16H2,1-3H3. The van der Waals surface area contributed by atoms with E-state index in [1.165, 1.54) is 11.9 Å². The Morgan fingerprint density at radius 1 is 1.03 bits per heavy atom. The maximum absolute atomic E-state index is 12.7. The molecule has 0 unspecified atom stereocenters. The molecule has 33 heavy (non-hydrogen) atoms. The summed E-state index contributed by atoms with van der Waals surface area (Å²) in [7, 11) is 0. The maximum atomic E-state index is 12.7. The monoisotopic (exact) mass is 499 g/mol. The second-order valence-electron chi connectivity index (χ2n) is 8.45. The maximum Gasteiger partial charge on any atom is 0.327 e. The molecule has 0 aliphatic rings. The number of carbonyl (C=O) groups is 1. The highest BCUT2D eigenvalue weighted by Crippen LogP contribution is 2.34. The lowest BCUT2D eigenvalue weighted by atomic mass is 10.2. The number of benzene rings is 2. The van der Waals surface area contributed by atoms with E-state index in [2.05, 4.69) is 15.6 Å². The third kappa shape index (κ3) is 6.02. The van der Waals surface area contributed by atoms with Gasteiger partial charge in [-0.25, -0.2) is 0 Å². The van der Waals surface area contributed by atoms with Crippen LogP contribution >= 0.6 is 35.1 Å². The summed E-state index contributed by atoms with van der Waals surface area (Å²) in [5.41, 5.74) is 2.37. The van der Waals surface area contributed by atoms with Crippen LogP contribution in [0.5, 0.6) is 0 Å². The summed E-state index contributed by atoms with van der Waals surface area (Å²) in [6, 6.07) is 17.4. The lowest BCUT2D eigenvalue weighted by Gasteiger charge is -2.26. The van der Waals surface area contributed by atoms with Gasteiger partial charge in [-0.3, -0.25) is 9.78 Å². The largest absolute Gasteiger partial charge is 0.459 e. The van der Waals surface area contributed by atoms with E-state index in [0.29, 0.717) is 10.0 Å². The molecule has 5 nitrogen and oxygen atoms in total. The fourth-order valence-electron chi connectivity index (χ4n) is 3.39. The number of fused-ring (bicyclic) bond motifs is 1. The molecule has 0 radical (unpaired) electrons. The minimum absolute atomic E-state index is 0.0582. The van der Waals surface area contributed by atoms with E-state index in [4.69, 9.17) is 27.9 Å². The SMILES string of the molecule is CC(C)(C)OC(=O)CN(Sc1cc(Cl)cc(Cl)c1)c1ccc2c(ccn2-c2ccncc2)c1. The Bertz CT molecular complexity index is 1270. The van der Waals surface area contributed by atoms with E-state index in [1.54, 1.807) is 18.5 Å². The fraction of sp³-hybridized carbons (Fsp3) is 0.200. The van der Waals surface area contributed by atoms with E-state index >= 15 is 0 Å². The molecule has 0 atom stereocenters. The lowest BCUT2D eigenvalue weighted by Crippen LogP contribution is -2.31. The van der Waals surface area contributed by atoms with Crippen LogP contribution in [0.2, 0.25) is 10.0 Å². The van der Waals surface area contributed by atoms with Crippen molar-refractivity contribution in [2.75, 3.05) is 10.8 Å². The molecule has 0 aliphatic carbocycles. The number of carbonyl (C=O) groups excluding carboxylic acids is 1. The van der Waals surface area contributed by atoms with Crippen LogP contribution < -0.4 is 4.31 Å². The fourth-order valence-corrected chi connectivity index (χ4v) is 5.05. The Morgan fingerprint density at radius 3 is 2.39 bits per heavy atom. The molecule has 170 valence electrons. The van der Waals surface area contributed by atoms with E-state index in [0.717, 1.165) is 27.2 Å². The van der Waals surface area contributed by atoms with Crippen molar-refractivity contribution >= 4 is 57.7 Å². The summed E-state index contributed by atoms with van der Waals surface area (Å²) in [4.78, 5) is 17.6. The van der Waals surface area contributed by atoms with E-state index < -0.39 is 5.60 Å². The molecule has 2 aromatic carbocycles. The molecule has 2 heterocycles. The van der Waals surface area contributed by atoms with Gasteiger partial charge in [0.1, 0.15) is 12.1 Å². The van der Waals surface area contributed by atoms with Crippen LogP contribution in [0.4, 0.5) is 5.69 Å². The topological polar surface area (TPSA) is 47.4 Å². The number of aromatic nitrogens is 2. The molecule has 0 N–H and O–H groups in total. The van der Waals surface area contributed by atoms with Crippen molar-refractivity contribution in [3.05, 3.63) is 83.2 Å². The number of anilines is 1. The highest BCUT2D eigenvalue weighted by molar-refractivity contribution is 8.00. The van der Waals surface area contributed by atoms with Gasteiger partial charge in [0, 0.05) is 50.3 Å². The van der Waals surface area contributed by atoms with Gasteiger partial charge in [-0.1, -0.05) is 23.2 Å². The van der Waals surface area contributed by atoms with Crippen molar-refractivity contribution in [2.24, 2.45) is 0 Å². The number of pyridine rings is 1. The van der Waals surface area contributed by atoms with Crippen molar-refractivity contribution in [3.63, 3.8) is 0 Å². The van der Waals surface area contributed by atoms with Crippen molar-refractivity contribution in [2.45, 2.75) is 31.3 Å². The van der Waals surface area contributed by atoms with Crippen LogP contribution in [-0.4, -0.2) is 27.7 Å². The van der Waals surface area contributed by atoms with Crippen molar-refractivity contribution in [3.8, 4) is 5.69 Å². The quantitative estimate of drug-likeness (QED) is 0.207. The van der Waals surface area contributed by atoms with Crippen LogP contribution in [0.25, 0.3) is 16.6 Å². The first-order valence-corrected chi connectivity index (χ1v) is 11.9. The average molecular weight is 500 g/mol. The third-order valence-corrected chi connectivity index (χ3v) is 6.09. The average Bonchev–Trinajstić information content (AvgIpc) is 3.15. The number of halogens is 2. The van der Waals surface area contributed by atoms with E-state index in [9.17, 15) is 4.79 Å². The number of hydrogen-bond acceptors (Lipinski definition) is 5. The molecule has 4 rings (SSSR count). The number of hydrogen-bond donors (Lipinski definition) is 0. The minimum Gasteiger partial charge on any atom is -0.459 e. The summed E-state index contributed by atoms with van der Waals surface area (Å²) < 4.78 is 9.56. The molecule has 4 aromatic rings. The van der Waals surface area contributed by atoms with Crippen molar-refractivity contribution in [1.82, 2.24) is 9.55 Å². The molecule has 0 fully saturated rings. The zero-order chi connectivity index (χ0) is 23.6. The predicted molar refractivity (Wildman–Crippen MR) is 137 cm³/mol. The molecule has 8 heteroatoms. The van der Waals surface area contributed by atoms with E-state index in [-0.39, 0.29) is 12.5 Å². The molecule has 0 saturated carbocycles. The van der Waals surface area contributed by atoms with Gasteiger partial charge in [0.25, 0.3) is 0 Å². The number of nitrogens with zero attached hydrogens (tertiary/aromatic N) is 3. The van der Waals surface area contributed by atoms with Gasteiger partial charge < -0.3 is 13.6 Å². The Hall–Kier alpha value is -2.67. The van der Waals surface area contributed by atoms with Gasteiger partial charge in [-0.15, -0.1) is 0 Å². The summed E-state index contributed by atoms with van der Waals surface area (Å²) in [5.74, 6) is -0.322. The van der Waals surface area contributed by atoms with Gasteiger partial charge in [0.05, 0.1) is 5.52 Å². The van der Waals surface area contributed by atoms with Crippen LogP contribution in [-0.2, 0) is 9.53 Å². The second kappa shape index (κ2) is 9.67. The summed E-state index contributed by atoms with van der Waals surface area (Å²) in [6.45, 7) is 5.62. The normalized spacial score (nSPS) is 11.5. The summed E-state index contributed by atoms with van der Waals surface area (Å²) >= 11 is 13.8. The molecular formula is C25H23Cl2N3O2S. The van der Waals surface area contributed by atoms with Gasteiger partial charge in [-0.2, -0.15) is 0 Å². The van der Waals surface area contributed by atoms with Gasteiger partial charge in [0.2, 0.25) is 0 Å². The zero-order valence-corrected chi connectivity index (χ0v) is 20.8. The first kappa shape index (κ1) is 23.5. The summed E-state index contributed by atoms with van der Waals surface area (Å²) in [6.07, 6.45) is 5.56. The first-order chi connectivity index (χ1) is 15.7. The van der Waals surface area contributed by atoms with Gasteiger partial charge in [0.15, 0.2) is 0 Å². The zero-order valence-electron chi connectivity index (χ0n) is 18.5. The molecule has 0 aliphatic heterocycles. The number of ether oxygens (including phenoxy) is 1. The van der Waals surface area contributed by atoms with Gasteiger partial charge in [-0.05, 0) is 87.3 Å². The summed E-state index contributed by atoms with van der Waals surface area (Å²) in [5, 5.41) is 2.11. The molecule has 0 saturated heterocycles. The molecule has 0 bridgehead atoms. The number of rotatable bonds is 6. The second-order valence-corrected chi connectivity index (χ2v) is 10.4. The highest BCUT2D eigenvalue weighted by Gasteiger charge is 2.21. The molecular weight excluding hydrogens is 477 g/mol. The first-order valence-electron chi connectivity index (χ1n) is 10.3. The predicted octanol–water partition coefficient (Wildman–Crippen LogP) is 7.19. The van der Waals surface area contributed by atoms with Crippen LogP contribution in [0.3, 0.4) is 0 Å². The Labute approximate surface area is 207 Å². The number of esters is 1. The third-order valence-electron chi connectivity index (χ3n) is 4.65. The highest BCUT2D eigenvalue weighted by atomic mass is 35.5.